The van der Waals surface area contributed by atoms with Crippen LogP contribution in [0.15, 0.2) is 17.0 Å². The van der Waals surface area contributed by atoms with E-state index in [1.807, 2.05) is 0 Å². The van der Waals surface area contributed by atoms with Gasteiger partial charge >= 0.3 is 18.2 Å². The summed E-state index contributed by atoms with van der Waals surface area (Å²) in [4.78, 5) is 21.4. The van der Waals surface area contributed by atoms with Crippen molar-refractivity contribution in [3.63, 3.8) is 0 Å². The molecule has 0 radical (unpaired) electrons. The zero-order chi connectivity index (χ0) is 20.5. The van der Waals surface area contributed by atoms with Gasteiger partial charge in [-0.15, -0.1) is 0 Å². The molecule has 0 aliphatic heterocycles. The van der Waals surface area contributed by atoms with Crippen molar-refractivity contribution < 1.29 is 32.6 Å². The summed E-state index contributed by atoms with van der Waals surface area (Å²) in [7, 11) is 0. The number of aliphatic carboxylic acids is 1. The van der Waals surface area contributed by atoms with Crippen molar-refractivity contribution in [1.29, 1.82) is 0 Å². The maximum atomic E-state index is 12.8. The summed E-state index contributed by atoms with van der Waals surface area (Å²) in [5, 5.41) is 11.2. The van der Waals surface area contributed by atoms with Crippen molar-refractivity contribution in [2.45, 2.75) is 49.2 Å². The highest BCUT2D eigenvalue weighted by Gasteiger charge is 2.40. The monoisotopic (exact) mass is 414 g/mol. The number of carboxylic acid groups (broad SMARTS) is 1. The molecule has 0 fully saturated rings. The van der Waals surface area contributed by atoms with Gasteiger partial charge in [-0.1, -0.05) is 23.4 Å². The minimum absolute atomic E-state index is 0.111. The van der Waals surface area contributed by atoms with Crippen LogP contribution in [0.25, 0.3) is 0 Å². The zero-order valence-corrected chi connectivity index (χ0v) is 15.9. The Balaban J connectivity index is 3.19. The van der Waals surface area contributed by atoms with Crippen molar-refractivity contribution in [3.05, 3.63) is 22.7 Å². The SMILES string of the molecule is CC(C)(C)OC(=O)N[C@](C)(Sc1c(N)cc(C(F)(F)F)cc1Cl)C(=O)O. The average Bonchev–Trinajstić information content (AvgIpc) is 2.39. The minimum Gasteiger partial charge on any atom is -0.479 e. The number of hydrogen-bond acceptors (Lipinski definition) is 5. The maximum absolute atomic E-state index is 12.8. The van der Waals surface area contributed by atoms with E-state index in [-0.39, 0.29) is 15.6 Å². The van der Waals surface area contributed by atoms with Gasteiger partial charge < -0.3 is 15.6 Å². The first-order valence-corrected chi connectivity index (χ1v) is 8.34. The van der Waals surface area contributed by atoms with E-state index in [0.29, 0.717) is 23.9 Å². The molecular formula is C15H18ClF3N2O4S. The smallest absolute Gasteiger partial charge is 0.416 e. The number of hydrogen-bond donors (Lipinski definition) is 3. The van der Waals surface area contributed by atoms with Gasteiger partial charge in [0.25, 0.3) is 0 Å². The Morgan fingerprint density at radius 1 is 1.23 bits per heavy atom. The van der Waals surface area contributed by atoms with Gasteiger partial charge in [0.15, 0.2) is 4.87 Å². The van der Waals surface area contributed by atoms with Crippen LogP contribution in [-0.2, 0) is 15.7 Å². The lowest BCUT2D eigenvalue weighted by atomic mass is 10.2. The van der Waals surface area contributed by atoms with E-state index in [2.05, 4.69) is 5.32 Å². The molecule has 6 nitrogen and oxygen atoms in total. The number of alkyl halides is 3. The summed E-state index contributed by atoms with van der Waals surface area (Å²) in [5.74, 6) is -1.47. The third kappa shape index (κ3) is 5.87. The fourth-order valence-corrected chi connectivity index (χ4v) is 3.02. The topological polar surface area (TPSA) is 102 Å². The molecule has 0 aromatic heterocycles. The van der Waals surface area contributed by atoms with E-state index in [9.17, 15) is 27.9 Å². The molecule has 1 amide bonds. The van der Waals surface area contributed by atoms with E-state index in [1.54, 1.807) is 20.8 Å². The maximum Gasteiger partial charge on any atom is 0.416 e. The Hall–Kier alpha value is -1.81. The van der Waals surface area contributed by atoms with Crippen LogP contribution >= 0.6 is 23.4 Å². The predicted molar refractivity (Wildman–Crippen MR) is 92.1 cm³/mol. The highest BCUT2D eigenvalue weighted by Crippen LogP contribution is 2.43. The van der Waals surface area contributed by atoms with Crippen LogP contribution in [0.1, 0.15) is 33.3 Å². The number of rotatable bonds is 4. The summed E-state index contributed by atoms with van der Waals surface area (Å²) in [6.07, 6.45) is -5.68. The van der Waals surface area contributed by atoms with Gasteiger partial charge in [0.05, 0.1) is 15.5 Å². The largest absolute Gasteiger partial charge is 0.479 e. The Kier molecular flexibility index (Phi) is 6.36. The van der Waals surface area contributed by atoms with Crippen molar-refractivity contribution >= 4 is 41.1 Å². The zero-order valence-electron chi connectivity index (χ0n) is 14.3. The summed E-state index contributed by atoms with van der Waals surface area (Å²) in [5.41, 5.74) is 3.31. The lowest BCUT2D eigenvalue weighted by Crippen LogP contribution is -2.51. The molecule has 0 saturated heterocycles. The van der Waals surface area contributed by atoms with E-state index in [1.165, 1.54) is 0 Å². The molecule has 146 valence electrons. The minimum atomic E-state index is -4.66. The number of ether oxygens (including phenoxy) is 1. The number of nitrogen functional groups attached to an aromatic ring is 1. The van der Waals surface area contributed by atoms with Crippen LogP contribution < -0.4 is 11.1 Å². The molecule has 0 unspecified atom stereocenters. The van der Waals surface area contributed by atoms with Crippen molar-refractivity contribution in [1.82, 2.24) is 5.32 Å². The molecule has 0 aliphatic rings. The Bertz CT molecular complexity index is 699. The molecule has 0 bridgehead atoms. The second kappa shape index (κ2) is 7.43. The fraction of sp³-hybridized carbons (Fsp3) is 0.467. The average molecular weight is 415 g/mol. The van der Waals surface area contributed by atoms with Gasteiger partial charge in [-0.3, -0.25) is 5.32 Å². The van der Waals surface area contributed by atoms with E-state index < -0.39 is 34.3 Å². The van der Waals surface area contributed by atoms with Gasteiger partial charge in [-0.2, -0.15) is 13.2 Å². The lowest BCUT2D eigenvalue weighted by Gasteiger charge is -2.28. The number of carboxylic acids is 1. The molecule has 26 heavy (non-hydrogen) atoms. The van der Waals surface area contributed by atoms with Gasteiger partial charge in [0.1, 0.15) is 5.60 Å². The molecule has 1 aromatic rings. The molecule has 4 N–H and O–H groups in total. The number of amides is 1. The van der Waals surface area contributed by atoms with Crippen LogP contribution in [0.3, 0.4) is 0 Å². The fourth-order valence-electron chi connectivity index (χ4n) is 1.71. The number of benzene rings is 1. The third-order valence-electron chi connectivity index (χ3n) is 2.85. The number of carbonyl (C=O) groups excluding carboxylic acids is 1. The quantitative estimate of drug-likeness (QED) is 0.384. The number of nitrogens with one attached hydrogen (secondary N) is 1. The Labute approximate surface area is 157 Å². The first kappa shape index (κ1) is 22.2. The van der Waals surface area contributed by atoms with Crippen molar-refractivity contribution in [2.24, 2.45) is 0 Å². The van der Waals surface area contributed by atoms with Crippen LogP contribution in [0, 0.1) is 0 Å². The van der Waals surface area contributed by atoms with Crippen molar-refractivity contribution in [2.75, 3.05) is 5.73 Å². The number of halogens is 4. The van der Waals surface area contributed by atoms with Gasteiger partial charge in [0, 0.05) is 5.69 Å². The molecule has 0 aliphatic carbocycles. The standard InChI is InChI=1S/C15H18ClF3N2O4S/c1-13(2,3)25-12(24)21-14(4,11(22)23)26-10-8(16)5-7(6-9(10)20)15(17,18)19/h5-6H,20H2,1-4H3,(H,21,24)(H,22,23)/t14-/m1/s1. The second-order valence-electron chi connectivity index (χ2n) is 6.44. The van der Waals surface area contributed by atoms with E-state index >= 15 is 0 Å². The van der Waals surface area contributed by atoms with Gasteiger partial charge in [-0.05, 0) is 39.8 Å². The summed E-state index contributed by atoms with van der Waals surface area (Å²) in [6, 6.07) is 1.28. The number of alkyl carbamates (subject to hydrolysis) is 1. The van der Waals surface area contributed by atoms with Crippen LogP contribution in [0.5, 0.6) is 0 Å². The molecule has 1 aromatic carbocycles. The number of nitrogens with two attached hydrogens (primary N) is 1. The van der Waals surface area contributed by atoms with E-state index in [4.69, 9.17) is 22.1 Å². The van der Waals surface area contributed by atoms with Crippen LogP contribution in [0.2, 0.25) is 5.02 Å². The number of carbonyl (C=O) groups is 2. The Morgan fingerprint density at radius 3 is 2.15 bits per heavy atom. The molecule has 0 saturated carbocycles. The van der Waals surface area contributed by atoms with Crippen LogP contribution in [0.4, 0.5) is 23.7 Å². The van der Waals surface area contributed by atoms with Gasteiger partial charge in [-0.25, -0.2) is 9.59 Å². The van der Waals surface area contributed by atoms with Crippen molar-refractivity contribution in [3.8, 4) is 0 Å². The molecule has 0 spiro atoms. The summed E-state index contributed by atoms with van der Waals surface area (Å²) in [6.45, 7) is 5.89. The second-order valence-corrected chi connectivity index (χ2v) is 8.28. The first-order valence-electron chi connectivity index (χ1n) is 7.15. The van der Waals surface area contributed by atoms with Gasteiger partial charge in [0.2, 0.25) is 0 Å². The molecule has 1 rings (SSSR count). The predicted octanol–water partition coefficient (Wildman–Crippen LogP) is 4.36. The highest BCUT2D eigenvalue weighted by atomic mass is 35.5. The molecule has 1 atom stereocenters. The number of thioether (sulfide) groups is 1. The van der Waals surface area contributed by atoms with Crippen LogP contribution in [-0.4, -0.2) is 27.6 Å². The third-order valence-corrected chi connectivity index (χ3v) is 4.61. The molecule has 0 heterocycles. The normalized spacial score (nSPS) is 14.5. The van der Waals surface area contributed by atoms with E-state index in [0.717, 1.165) is 6.92 Å². The molecule has 11 heteroatoms. The highest BCUT2D eigenvalue weighted by molar-refractivity contribution is 8.01. The lowest BCUT2D eigenvalue weighted by molar-refractivity contribution is -0.140. The Morgan fingerprint density at radius 2 is 1.77 bits per heavy atom. The first-order chi connectivity index (χ1) is 11.5. The summed E-state index contributed by atoms with van der Waals surface area (Å²) < 4.78 is 43.4. The summed E-state index contributed by atoms with van der Waals surface area (Å²) >= 11 is 6.35. The number of anilines is 1. The molecular weight excluding hydrogens is 397 g/mol.